The minimum atomic E-state index is -4.38. The molecule has 6 rings (SSSR count). The van der Waals surface area contributed by atoms with E-state index in [2.05, 4.69) is 10.6 Å². The van der Waals surface area contributed by atoms with Gasteiger partial charge in [0.15, 0.2) is 0 Å². The minimum Gasteiger partial charge on any atom is -0.444 e. The Morgan fingerprint density at radius 2 is 1.04 bits per heavy atom. The van der Waals surface area contributed by atoms with Crippen LogP contribution in [0.15, 0.2) is 0 Å². The SMILES string of the molecule is CC(C)(C)OC(=O)N1CC2(CC(C(=O)NC3(C(F)(F)F)CC3)C2)C1.CC(C)(C)OC(=O)N1CC2(CC(CNC3(C(F)(F)F)CC3)C2)C1. The lowest BCUT2D eigenvalue weighted by molar-refractivity contribution is -0.175. The summed E-state index contributed by atoms with van der Waals surface area (Å²) in [4.78, 5) is 39.1. The largest absolute Gasteiger partial charge is 0.444 e. The summed E-state index contributed by atoms with van der Waals surface area (Å²) in [5.74, 6) is -0.604. The van der Waals surface area contributed by atoms with Crippen LogP contribution < -0.4 is 10.6 Å². The summed E-state index contributed by atoms with van der Waals surface area (Å²) in [6.07, 6.45) is -6.01. The molecule has 0 atom stereocenters. The van der Waals surface area contributed by atoms with Crippen molar-refractivity contribution >= 4 is 18.1 Å². The summed E-state index contributed by atoms with van der Waals surface area (Å²) in [5.41, 5.74) is -4.65. The summed E-state index contributed by atoms with van der Waals surface area (Å²) >= 11 is 0. The van der Waals surface area contributed by atoms with Gasteiger partial charge >= 0.3 is 24.5 Å². The average Bonchev–Trinajstić information content (AvgIpc) is 3.67. The van der Waals surface area contributed by atoms with Crippen molar-refractivity contribution in [1.82, 2.24) is 20.4 Å². The van der Waals surface area contributed by atoms with Crippen LogP contribution in [0, 0.1) is 22.7 Å². The van der Waals surface area contributed by atoms with Crippen LogP contribution in [0.2, 0.25) is 0 Å². The monoisotopic (exact) mass is 682 g/mol. The van der Waals surface area contributed by atoms with Crippen LogP contribution in [-0.4, -0.2) is 95.2 Å². The molecule has 3 amide bonds. The van der Waals surface area contributed by atoms with Crippen LogP contribution in [0.3, 0.4) is 0 Å². The van der Waals surface area contributed by atoms with E-state index < -0.39 is 40.5 Å². The van der Waals surface area contributed by atoms with Crippen molar-refractivity contribution in [3.05, 3.63) is 0 Å². The van der Waals surface area contributed by atoms with Crippen LogP contribution in [0.4, 0.5) is 35.9 Å². The minimum absolute atomic E-state index is 0.0352. The highest BCUT2D eigenvalue weighted by Crippen LogP contribution is 2.55. The van der Waals surface area contributed by atoms with E-state index >= 15 is 0 Å². The number of likely N-dealkylation sites (tertiary alicyclic amines) is 2. The number of halogens is 6. The first-order chi connectivity index (χ1) is 21.3. The average molecular weight is 683 g/mol. The zero-order chi connectivity index (χ0) is 35.1. The molecule has 268 valence electrons. The number of ether oxygens (including phenoxy) is 2. The van der Waals surface area contributed by atoms with E-state index in [-0.39, 0.29) is 60.5 Å². The number of rotatable bonds is 5. The van der Waals surface area contributed by atoms with Gasteiger partial charge in [-0.25, -0.2) is 9.59 Å². The van der Waals surface area contributed by atoms with Gasteiger partial charge in [-0.15, -0.1) is 0 Å². The second kappa shape index (κ2) is 11.3. The predicted octanol–water partition coefficient (Wildman–Crippen LogP) is 6.16. The third-order valence-electron chi connectivity index (χ3n) is 10.3. The molecule has 2 saturated heterocycles. The van der Waals surface area contributed by atoms with E-state index in [0.29, 0.717) is 45.6 Å². The lowest BCUT2D eigenvalue weighted by Crippen LogP contribution is -2.66. The Balaban J connectivity index is 0.000000185. The maximum Gasteiger partial charge on any atom is 0.411 e. The molecule has 0 aromatic heterocycles. The number of carbonyl (C=O) groups is 3. The van der Waals surface area contributed by atoms with Gasteiger partial charge in [0, 0.05) is 42.9 Å². The fraction of sp³-hybridized carbons (Fsp3) is 0.906. The molecule has 0 radical (unpaired) electrons. The van der Waals surface area contributed by atoms with Gasteiger partial charge in [-0.1, -0.05) is 0 Å². The number of nitrogens with one attached hydrogen (secondary N) is 2. The fourth-order valence-corrected chi connectivity index (χ4v) is 7.40. The molecule has 2 N–H and O–H groups in total. The maximum atomic E-state index is 12.9. The lowest BCUT2D eigenvalue weighted by Gasteiger charge is -2.59. The van der Waals surface area contributed by atoms with Gasteiger partial charge in [-0.2, -0.15) is 26.3 Å². The molecule has 15 heteroatoms. The first-order valence-electron chi connectivity index (χ1n) is 16.5. The van der Waals surface area contributed by atoms with Gasteiger partial charge in [-0.05, 0) is 105 Å². The molecule has 4 saturated carbocycles. The van der Waals surface area contributed by atoms with Crippen molar-refractivity contribution in [3.8, 4) is 0 Å². The fourth-order valence-electron chi connectivity index (χ4n) is 7.40. The number of amides is 3. The first kappa shape index (κ1) is 35.8. The van der Waals surface area contributed by atoms with Crippen LogP contribution in [0.25, 0.3) is 0 Å². The number of hydrogen-bond acceptors (Lipinski definition) is 6. The van der Waals surface area contributed by atoms with E-state index in [1.807, 2.05) is 20.8 Å². The van der Waals surface area contributed by atoms with Crippen molar-refractivity contribution in [1.29, 1.82) is 0 Å². The van der Waals surface area contributed by atoms with Gasteiger partial charge < -0.3 is 29.9 Å². The number of nitrogens with zero attached hydrogens (tertiary/aromatic N) is 2. The molecule has 0 bridgehead atoms. The molecule has 2 spiro atoms. The van der Waals surface area contributed by atoms with Gasteiger partial charge in [0.25, 0.3) is 0 Å². The van der Waals surface area contributed by atoms with E-state index in [0.717, 1.165) is 12.8 Å². The molecular formula is C32H48F6N4O5. The number of alkyl halides is 6. The zero-order valence-corrected chi connectivity index (χ0v) is 28.1. The van der Waals surface area contributed by atoms with Crippen LogP contribution in [0.1, 0.15) is 92.9 Å². The number of carbonyl (C=O) groups excluding carboxylic acids is 3. The van der Waals surface area contributed by atoms with Crippen molar-refractivity contribution in [3.63, 3.8) is 0 Å². The molecule has 0 aromatic rings. The third kappa shape index (κ3) is 7.74. The smallest absolute Gasteiger partial charge is 0.411 e. The highest BCUT2D eigenvalue weighted by atomic mass is 19.4. The van der Waals surface area contributed by atoms with Gasteiger partial charge in [0.2, 0.25) is 5.91 Å². The summed E-state index contributed by atoms with van der Waals surface area (Å²) in [5, 5.41) is 4.92. The van der Waals surface area contributed by atoms with Crippen LogP contribution in [0.5, 0.6) is 0 Å². The van der Waals surface area contributed by atoms with Crippen molar-refractivity contribution in [2.24, 2.45) is 22.7 Å². The summed E-state index contributed by atoms with van der Waals surface area (Å²) in [6.45, 7) is 13.7. The Bertz CT molecular complexity index is 1220. The van der Waals surface area contributed by atoms with Crippen LogP contribution in [-0.2, 0) is 14.3 Å². The topological polar surface area (TPSA) is 100 Å². The third-order valence-corrected chi connectivity index (χ3v) is 10.3. The van der Waals surface area contributed by atoms with Gasteiger partial charge in [0.05, 0.1) is 0 Å². The molecule has 2 aliphatic heterocycles. The van der Waals surface area contributed by atoms with Crippen molar-refractivity contribution < 1.29 is 50.2 Å². The standard InChI is InChI=1S/C16H23F3N2O3.C16H25F3N2O2/c1-13(2,3)24-12(23)21-8-14(9-21)6-10(7-14)11(22)20-15(4-5-15)16(17,18)19;1-13(2,3)23-12(22)21-9-14(10-21)6-11(7-14)8-20-15(4-5-15)16(17,18)19/h10H,4-9H2,1-3H3,(H,20,22);11,20H,4-10H2,1-3H3. The van der Waals surface area contributed by atoms with Crippen molar-refractivity contribution in [2.45, 2.75) is 128 Å². The molecule has 9 nitrogen and oxygen atoms in total. The van der Waals surface area contributed by atoms with E-state index in [1.165, 1.54) is 0 Å². The van der Waals surface area contributed by atoms with E-state index in [9.17, 15) is 40.7 Å². The summed E-state index contributed by atoms with van der Waals surface area (Å²) < 4.78 is 87.8. The Morgan fingerprint density at radius 3 is 1.38 bits per heavy atom. The lowest BCUT2D eigenvalue weighted by atomic mass is 9.57. The second-order valence-electron chi connectivity index (χ2n) is 17.1. The summed E-state index contributed by atoms with van der Waals surface area (Å²) in [6, 6.07) is 0. The molecule has 47 heavy (non-hydrogen) atoms. The van der Waals surface area contributed by atoms with Gasteiger partial charge in [-0.3, -0.25) is 4.79 Å². The van der Waals surface area contributed by atoms with Crippen LogP contribution >= 0.6 is 0 Å². The molecule has 6 aliphatic rings. The molecule has 2 heterocycles. The number of hydrogen-bond donors (Lipinski definition) is 2. The molecule has 0 aromatic carbocycles. The quantitative estimate of drug-likeness (QED) is 0.337. The van der Waals surface area contributed by atoms with E-state index in [4.69, 9.17) is 9.47 Å². The van der Waals surface area contributed by atoms with Crippen molar-refractivity contribution in [2.75, 3.05) is 32.7 Å². The summed E-state index contributed by atoms with van der Waals surface area (Å²) in [7, 11) is 0. The maximum absolute atomic E-state index is 12.9. The van der Waals surface area contributed by atoms with E-state index in [1.54, 1.807) is 30.6 Å². The Morgan fingerprint density at radius 1 is 0.660 bits per heavy atom. The Kier molecular flexibility index (Phi) is 8.61. The highest BCUT2D eigenvalue weighted by Gasteiger charge is 2.66. The molecule has 6 fully saturated rings. The normalized spacial score (nSPS) is 25.3. The zero-order valence-electron chi connectivity index (χ0n) is 28.1. The second-order valence-corrected chi connectivity index (χ2v) is 17.1. The Labute approximate surface area is 271 Å². The van der Waals surface area contributed by atoms with Gasteiger partial charge in [0.1, 0.15) is 22.3 Å². The molecule has 0 unspecified atom stereocenters. The predicted molar refractivity (Wildman–Crippen MR) is 158 cm³/mol. The first-order valence-corrected chi connectivity index (χ1v) is 16.5. The molecular weight excluding hydrogens is 634 g/mol. The molecule has 4 aliphatic carbocycles. The highest BCUT2D eigenvalue weighted by molar-refractivity contribution is 5.81. The Hall–Kier alpha value is -2.45.